The van der Waals surface area contributed by atoms with Gasteiger partial charge in [0.15, 0.2) is 0 Å². The van der Waals surface area contributed by atoms with Gasteiger partial charge in [-0.15, -0.1) is 5.10 Å². The molecule has 8 nitrogen and oxygen atoms in total. The largest absolute Gasteiger partial charge is 0.390 e. The topological polar surface area (TPSA) is 102 Å². The molecule has 24 heavy (non-hydrogen) atoms. The monoisotopic (exact) mass is 336 g/mol. The van der Waals surface area contributed by atoms with E-state index in [9.17, 15) is 13.9 Å². The third-order valence-electron chi connectivity index (χ3n) is 3.49. The van der Waals surface area contributed by atoms with Crippen molar-refractivity contribution in [3.63, 3.8) is 0 Å². The van der Waals surface area contributed by atoms with Crippen LogP contribution >= 0.6 is 0 Å². The molecule has 2 aromatic heterocycles. The molecule has 2 N–H and O–H groups in total. The molecule has 0 spiro atoms. The van der Waals surface area contributed by atoms with Crippen molar-refractivity contribution in [3.05, 3.63) is 59.9 Å². The van der Waals surface area contributed by atoms with Gasteiger partial charge in [-0.1, -0.05) is 11.3 Å². The molecule has 0 aliphatic rings. The van der Waals surface area contributed by atoms with Crippen LogP contribution in [0.1, 0.15) is 11.3 Å². The number of halogens is 2. The van der Waals surface area contributed by atoms with Crippen LogP contribution in [0.2, 0.25) is 0 Å². The normalized spacial score (nSPS) is 13.8. The molecule has 0 saturated carbocycles. The lowest BCUT2D eigenvalue weighted by atomic mass is 9.93. The van der Waals surface area contributed by atoms with Crippen molar-refractivity contribution in [1.82, 2.24) is 29.8 Å². The molecule has 10 heteroatoms. The first-order valence-electron chi connectivity index (χ1n) is 7.00. The Morgan fingerprint density at radius 2 is 1.96 bits per heavy atom. The molecule has 3 aromatic rings. The predicted octanol–water partition coefficient (Wildman–Crippen LogP) is 0.228. The SMILES string of the molecule is OCc1cn(CC(O)(Cn2cncn2)c2ccc(F)cc2F)nn1. The minimum Gasteiger partial charge on any atom is -0.390 e. The maximum Gasteiger partial charge on any atom is 0.137 e. The van der Waals surface area contributed by atoms with Crippen LogP contribution in [0.4, 0.5) is 8.78 Å². The van der Waals surface area contributed by atoms with Crippen molar-refractivity contribution >= 4 is 0 Å². The molecule has 0 fully saturated rings. The number of hydrogen-bond acceptors (Lipinski definition) is 6. The number of rotatable bonds is 6. The minimum absolute atomic E-state index is 0.111. The third kappa shape index (κ3) is 3.29. The van der Waals surface area contributed by atoms with E-state index in [4.69, 9.17) is 5.11 Å². The Bertz CT molecular complexity index is 823. The van der Waals surface area contributed by atoms with Crippen LogP contribution in [-0.4, -0.2) is 40.0 Å². The molecule has 1 atom stereocenters. The van der Waals surface area contributed by atoms with Crippen molar-refractivity contribution in [1.29, 1.82) is 0 Å². The van der Waals surface area contributed by atoms with Gasteiger partial charge in [-0.3, -0.25) is 0 Å². The highest BCUT2D eigenvalue weighted by Crippen LogP contribution is 2.28. The van der Waals surface area contributed by atoms with E-state index < -0.39 is 17.2 Å². The lowest BCUT2D eigenvalue weighted by molar-refractivity contribution is -0.00892. The standard InChI is InChI=1S/C14H14F2N6O2/c15-10-1-2-12(13(16)3-10)14(24,7-22-9-17-8-18-22)6-21-4-11(5-23)19-20-21/h1-4,8-9,23-24H,5-7H2. The summed E-state index contributed by atoms with van der Waals surface area (Å²) in [6.07, 6.45) is 4.07. The van der Waals surface area contributed by atoms with Gasteiger partial charge in [-0.25, -0.2) is 23.1 Å². The van der Waals surface area contributed by atoms with Crippen LogP contribution in [0.5, 0.6) is 0 Å². The molecule has 0 bridgehead atoms. The average molecular weight is 336 g/mol. The molecule has 0 radical (unpaired) electrons. The third-order valence-corrected chi connectivity index (χ3v) is 3.49. The summed E-state index contributed by atoms with van der Waals surface area (Å²) in [6, 6.07) is 2.93. The molecule has 1 unspecified atom stereocenters. The first-order chi connectivity index (χ1) is 11.5. The van der Waals surface area contributed by atoms with Crippen LogP contribution in [-0.2, 0) is 25.3 Å². The molecule has 126 valence electrons. The summed E-state index contributed by atoms with van der Waals surface area (Å²) >= 11 is 0. The smallest absolute Gasteiger partial charge is 0.137 e. The summed E-state index contributed by atoms with van der Waals surface area (Å²) in [5, 5.41) is 31.5. The van der Waals surface area contributed by atoms with E-state index >= 15 is 0 Å². The summed E-state index contributed by atoms with van der Waals surface area (Å²) in [6.45, 7) is -0.626. The summed E-state index contributed by atoms with van der Waals surface area (Å²) in [5.74, 6) is -1.64. The quantitative estimate of drug-likeness (QED) is 0.668. The Morgan fingerprint density at radius 1 is 1.17 bits per heavy atom. The van der Waals surface area contributed by atoms with Gasteiger partial charge in [0.2, 0.25) is 0 Å². The zero-order valence-corrected chi connectivity index (χ0v) is 12.4. The number of aliphatic hydroxyl groups is 2. The highest BCUT2D eigenvalue weighted by Gasteiger charge is 2.34. The van der Waals surface area contributed by atoms with Gasteiger partial charge in [-0.05, 0) is 6.07 Å². The Hall–Kier alpha value is -2.72. The van der Waals surface area contributed by atoms with E-state index in [-0.39, 0.29) is 25.3 Å². The van der Waals surface area contributed by atoms with Crippen molar-refractivity contribution in [3.8, 4) is 0 Å². The van der Waals surface area contributed by atoms with Crippen LogP contribution in [0, 0.1) is 11.6 Å². The Morgan fingerprint density at radius 3 is 2.58 bits per heavy atom. The van der Waals surface area contributed by atoms with Gasteiger partial charge >= 0.3 is 0 Å². The van der Waals surface area contributed by atoms with Gasteiger partial charge in [0.25, 0.3) is 0 Å². The molecule has 0 aliphatic heterocycles. The fourth-order valence-electron chi connectivity index (χ4n) is 2.43. The average Bonchev–Trinajstić information content (AvgIpc) is 3.18. The summed E-state index contributed by atoms with van der Waals surface area (Å²) in [4.78, 5) is 3.78. The van der Waals surface area contributed by atoms with Crippen LogP contribution < -0.4 is 0 Å². The predicted molar refractivity (Wildman–Crippen MR) is 76.2 cm³/mol. The first-order valence-corrected chi connectivity index (χ1v) is 7.00. The zero-order valence-electron chi connectivity index (χ0n) is 12.4. The van der Waals surface area contributed by atoms with Crippen molar-refractivity contribution in [2.24, 2.45) is 0 Å². The maximum absolute atomic E-state index is 14.2. The molecular weight excluding hydrogens is 322 g/mol. The van der Waals surface area contributed by atoms with Gasteiger partial charge in [0.1, 0.15) is 35.6 Å². The molecule has 0 saturated heterocycles. The number of aliphatic hydroxyl groups excluding tert-OH is 1. The highest BCUT2D eigenvalue weighted by atomic mass is 19.1. The van der Waals surface area contributed by atoms with E-state index in [0.29, 0.717) is 11.8 Å². The molecule has 0 aliphatic carbocycles. The summed E-state index contributed by atoms with van der Waals surface area (Å²) in [7, 11) is 0. The molecule has 3 rings (SSSR count). The van der Waals surface area contributed by atoms with Crippen LogP contribution in [0.25, 0.3) is 0 Å². The number of nitrogens with zero attached hydrogens (tertiary/aromatic N) is 6. The Kier molecular flexibility index (Phi) is 4.32. The number of aromatic nitrogens is 6. The van der Waals surface area contributed by atoms with E-state index in [1.165, 1.54) is 34.3 Å². The van der Waals surface area contributed by atoms with Crippen molar-refractivity contribution in [2.45, 2.75) is 25.3 Å². The van der Waals surface area contributed by atoms with Crippen LogP contribution in [0.3, 0.4) is 0 Å². The Labute approximate surface area is 135 Å². The van der Waals surface area contributed by atoms with Gasteiger partial charge in [0, 0.05) is 11.6 Å². The second kappa shape index (κ2) is 6.42. The highest BCUT2D eigenvalue weighted by molar-refractivity contribution is 5.25. The molecule has 2 heterocycles. The minimum atomic E-state index is -1.79. The lowest BCUT2D eigenvalue weighted by Crippen LogP contribution is -2.37. The lowest BCUT2D eigenvalue weighted by Gasteiger charge is -2.28. The van der Waals surface area contributed by atoms with Gasteiger partial charge < -0.3 is 10.2 Å². The van der Waals surface area contributed by atoms with E-state index in [1.807, 2.05) is 0 Å². The molecule has 0 amide bonds. The maximum atomic E-state index is 14.2. The van der Waals surface area contributed by atoms with E-state index in [1.54, 1.807) is 0 Å². The second-order valence-corrected chi connectivity index (χ2v) is 5.31. The van der Waals surface area contributed by atoms with Gasteiger partial charge in [-0.2, -0.15) is 5.10 Å². The van der Waals surface area contributed by atoms with Crippen molar-refractivity contribution in [2.75, 3.05) is 0 Å². The van der Waals surface area contributed by atoms with Gasteiger partial charge in [0.05, 0.1) is 25.9 Å². The Balaban J connectivity index is 1.99. The molecule has 1 aromatic carbocycles. The fourth-order valence-corrected chi connectivity index (χ4v) is 2.43. The number of benzene rings is 1. The molecular formula is C14H14F2N6O2. The second-order valence-electron chi connectivity index (χ2n) is 5.31. The summed E-state index contributed by atoms with van der Waals surface area (Å²) < 4.78 is 30.0. The van der Waals surface area contributed by atoms with E-state index in [2.05, 4.69) is 20.4 Å². The fraction of sp³-hybridized carbons (Fsp3) is 0.286. The first kappa shape index (κ1) is 16.1. The van der Waals surface area contributed by atoms with Crippen molar-refractivity contribution < 1.29 is 19.0 Å². The van der Waals surface area contributed by atoms with E-state index in [0.717, 1.165) is 6.07 Å². The zero-order chi connectivity index (χ0) is 17.2. The number of hydrogen-bond donors (Lipinski definition) is 2. The van der Waals surface area contributed by atoms with Crippen LogP contribution in [0.15, 0.2) is 37.1 Å². The summed E-state index contributed by atoms with van der Waals surface area (Å²) in [5.41, 5.74) is -1.59.